The molecule has 0 spiro atoms. The summed E-state index contributed by atoms with van der Waals surface area (Å²) in [6, 6.07) is 0. The van der Waals surface area contributed by atoms with E-state index in [0.717, 1.165) is 5.70 Å². The molecule has 1 amide bonds. The van der Waals surface area contributed by atoms with E-state index in [-0.39, 0.29) is 22.4 Å². The Labute approximate surface area is 87.0 Å². The Balaban J connectivity index is 2.34. The maximum absolute atomic E-state index is 11.6. The van der Waals surface area contributed by atoms with Crippen LogP contribution >= 0.6 is 0 Å². The minimum Gasteiger partial charge on any atom is -0.329 e. The van der Waals surface area contributed by atoms with Crippen LogP contribution in [0.4, 0.5) is 0 Å². The summed E-state index contributed by atoms with van der Waals surface area (Å²) < 4.78 is 0. The number of fused-ring (bicyclic) bond motifs is 1. The van der Waals surface area contributed by atoms with Crippen molar-refractivity contribution in [1.29, 1.82) is 0 Å². The average molecular weight is 208 g/mol. The Morgan fingerprint density at radius 3 is 2.80 bits per heavy atom. The van der Waals surface area contributed by atoms with Gasteiger partial charge in [0, 0.05) is 24.1 Å². The van der Waals surface area contributed by atoms with Crippen LogP contribution in [-0.2, 0) is 4.79 Å². The smallest absolute Gasteiger partial charge is 0.247 e. The lowest BCUT2D eigenvalue weighted by atomic mass is 9.76. The third-order valence-electron chi connectivity index (χ3n) is 3.19. The van der Waals surface area contributed by atoms with Gasteiger partial charge in [0.15, 0.2) is 0 Å². The van der Waals surface area contributed by atoms with Gasteiger partial charge in [-0.15, -0.1) is 0 Å². The molecule has 0 saturated carbocycles. The van der Waals surface area contributed by atoms with E-state index >= 15 is 0 Å². The van der Waals surface area contributed by atoms with Crippen molar-refractivity contribution in [2.24, 2.45) is 11.3 Å². The molecule has 2 aliphatic rings. The van der Waals surface area contributed by atoms with Gasteiger partial charge in [0.2, 0.25) is 11.6 Å². The molecular weight excluding hydrogens is 196 g/mol. The van der Waals surface area contributed by atoms with E-state index in [1.165, 1.54) is 6.08 Å². The van der Waals surface area contributed by atoms with E-state index in [4.69, 9.17) is 0 Å². The Hall–Kier alpha value is -1.65. The lowest BCUT2D eigenvalue weighted by Crippen LogP contribution is -2.29. The van der Waals surface area contributed by atoms with Gasteiger partial charge in [-0.2, -0.15) is 0 Å². The van der Waals surface area contributed by atoms with Crippen molar-refractivity contribution < 1.29 is 9.72 Å². The van der Waals surface area contributed by atoms with Crippen LogP contribution in [0, 0.1) is 21.4 Å². The van der Waals surface area contributed by atoms with Crippen molar-refractivity contribution in [3.05, 3.63) is 33.7 Å². The lowest BCUT2D eigenvalue weighted by Gasteiger charge is -2.23. The number of nitrogens with one attached hydrogen (secondary N) is 1. The van der Waals surface area contributed by atoms with Gasteiger partial charge in [0.1, 0.15) is 0 Å². The van der Waals surface area contributed by atoms with Crippen LogP contribution in [0.3, 0.4) is 0 Å². The van der Waals surface area contributed by atoms with Gasteiger partial charge in [-0.25, -0.2) is 0 Å². The number of carbonyl (C=O) groups excluding carboxylic acids is 1. The topological polar surface area (TPSA) is 72.2 Å². The van der Waals surface area contributed by atoms with Gasteiger partial charge in [-0.3, -0.25) is 14.9 Å². The van der Waals surface area contributed by atoms with Crippen LogP contribution in [0.25, 0.3) is 0 Å². The largest absolute Gasteiger partial charge is 0.329 e. The second kappa shape index (κ2) is 2.92. The Morgan fingerprint density at radius 1 is 1.53 bits per heavy atom. The van der Waals surface area contributed by atoms with Crippen molar-refractivity contribution in [2.45, 2.75) is 20.3 Å². The first-order chi connectivity index (χ1) is 6.93. The van der Waals surface area contributed by atoms with E-state index in [0.29, 0.717) is 6.42 Å². The molecule has 80 valence electrons. The first kappa shape index (κ1) is 9.89. The van der Waals surface area contributed by atoms with Crippen LogP contribution < -0.4 is 5.32 Å². The summed E-state index contributed by atoms with van der Waals surface area (Å²) in [6.07, 6.45) is 3.43. The molecule has 1 aliphatic carbocycles. The first-order valence-corrected chi connectivity index (χ1v) is 4.79. The van der Waals surface area contributed by atoms with Gasteiger partial charge in [-0.05, 0) is 6.08 Å². The van der Waals surface area contributed by atoms with Gasteiger partial charge in [0.05, 0.1) is 10.3 Å². The number of amides is 1. The quantitative estimate of drug-likeness (QED) is 0.520. The predicted molar refractivity (Wildman–Crippen MR) is 53.2 cm³/mol. The third-order valence-corrected chi connectivity index (χ3v) is 3.19. The fourth-order valence-electron chi connectivity index (χ4n) is 2.05. The van der Waals surface area contributed by atoms with Crippen LogP contribution in [0.1, 0.15) is 20.3 Å². The predicted octanol–water partition coefficient (Wildman–Crippen LogP) is 1.21. The molecule has 0 aromatic carbocycles. The van der Waals surface area contributed by atoms with Crippen LogP contribution in [0.15, 0.2) is 23.5 Å². The zero-order chi connectivity index (χ0) is 11.2. The van der Waals surface area contributed by atoms with Crippen molar-refractivity contribution >= 4 is 5.91 Å². The van der Waals surface area contributed by atoms with Gasteiger partial charge < -0.3 is 5.32 Å². The van der Waals surface area contributed by atoms with Gasteiger partial charge >= 0.3 is 0 Å². The minimum absolute atomic E-state index is 0.0586. The number of hydrogen-bond acceptors (Lipinski definition) is 3. The molecule has 0 aromatic rings. The van der Waals surface area contributed by atoms with E-state index in [9.17, 15) is 14.9 Å². The molecule has 1 unspecified atom stereocenters. The highest BCUT2D eigenvalue weighted by Crippen LogP contribution is 2.43. The number of nitro groups is 1. The molecule has 1 aliphatic heterocycles. The van der Waals surface area contributed by atoms with Crippen LogP contribution in [0.2, 0.25) is 0 Å². The Kier molecular flexibility index (Phi) is 1.92. The zero-order valence-electron chi connectivity index (χ0n) is 8.61. The monoisotopic (exact) mass is 208 g/mol. The molecule has 1 heterocycles. The van der Waals surface area contributed by atoms with Crippen molar-refractivity contribution in [2.75, 3.05) is 0 Å². The maximum atomic E-state index is 11.6. The number of rotatable bonds is 1. The standard InChI is InChI=1S/C10H12N2O3/c1-10(2)7-5-6(12(14)15)3-4-8(7)11-9(10)13/h3-4,7H,5H2,1-2H3,(H,11,13). The molecule has 5 heteroatoms. The molecule has 1 N–H and O–H groups in total. The second-order valence-corrected chi connectivity index (χ2v) is 4.47. The van der Waals surface area contributed by atoms with Gasteiger partial charge in [-0.1, -0.05) is 13.8 Å². The van der Waals surface area contributed by atoms with Crippen molar-refractivity contribution in [3.63, 3.8) is 0 Å². The third kappa shape index (κ3) is 1.35. The molecule has 1 fully saturated rings. The normalized spacial score (nSPS) is 27.6. The number of nitrogens with zero attached hydrogens (tertiary/aromatic N) is 1. The highest BCUT2D eigenvalue weighted by atomic mass is 16.6. The second-order valence-electron chi connectivity index (χ2n) is 4.47. The summed E-state index contributed by atoms with van der Waals surface area (Å²) in [5.74, 6) is -0.146. The minimum atomic E-state index is -0.554. The molecule has 2 rings (SSSR count). The molecule has 5 nitrogen and oxygen atoms in total. The summed E-state index contributed by atoms with van der Waals surface area (Å²) in [6.45, 7) is 3.63. The maximum Gasteiger partial charge on any atom is 0.247 e. The fourth-order valence-corrected chi connectivity index (χ4v) is 2.05. The Bertz CT molecular complexity index is 407. The highest BCUT2D eigenvalue weighted by molar-refractivity contribution is 5.87. The van der Waals surface area contributed by atoms with Crippen molar-refractivity contribution in [3.8, 4) is 0 Å². The first-order valence-electron chi connectivity index (χ1n) is 4.79. The van der Waals surface area contributed by atoms with Crippen LogP contribution in [0.5, 0.6) is 0 Å². The summed E-state index contributed by atoms with van der Waals surface area (Å²) in [4.78, 5) is 21.8. The summed E-state index contributed by atoms with van der Waals surface area (Å²) in [5, 5.41) is 13.4. The zero-order valence-corrected chi connectivity index (χ0v) is 8.61. The van der Waals surface area contributed by atoms with Crippen molar-refractivity contribution in [1.82, 2.24) is 5.32 Å². The molecule has 0 radical (unpaired) electrons. The highest BCUT2D eigenvalue weighted by Gasteiger charge is 2.48. The number of hydrogen-bond donors (Lipinski definition) is 1. The number of allylic oxidation sites excluding steroid dienone is 4. The average Bonchev–Trinajstić information content (AvgIpc) is 2.38. The molecule has 1 atom stereocenters. The summed E-state index contributed by atoms with van der Waals surface area (Å²) >= 11 is 0. The summed E-state index contributed by atoms with van der Waals surface area (Å²) in [5.41, 5.74) is 0.422. The molecule has 15 heavy (non-hydrogen) atoms. The SMILES string of the molecule is CC1(C)C(=O)NC2=CC=C([N+](=O)[O-])CC21. The molecular formula is C10H12N2O3. The van der Waals surface area contributed by atoms with E-state index in [1.807, 2.05) is 13.8 Å². The molecule has 0 aromatic heterocycles. The molecule has 1 saturated heterocycles. The van der Waals surface area contributed by atoms with E-state index in [2.05, 4.69) is 5.32 Å². The number of carbonyl (C=O) groups is 1. The fraction of sp³-hybridized carbons (Fsp3) is 0.500. The summed E-state index contributed by atoms with van der Waals surface area (Å²) in [7, 11) is 0. The van der Waals surface area contributed by atoms with E-state index < -0.39 is 5.41 Å². The van der Waals surface area contributed by atoms with Gasteiger partial charge in [0.25, 0.3) is 0 Å². The van der Waals surface area contributed by atoms with E-state index in [1.54, 1.807) is 6.08 Å². The Morgan fingerprint density at radius 2 is 2.20 bits per heavy atom. The lowest BCUT2D eigenvalue weighted by molar-refractivity contribution is -0.429. The molecule has 0 bridgehead atoms. The van der Waals surface area contributed by atoms with Crippen LogP contribution in [-0.4, -0.2) is 10.8 Å².